The third kappa shape index (κ3) is 4.05. The Balaban J connectivity index is 1.97. The van der Waals surface area contributed by atoms with Crippen LogP contribution in [0.15, 0.2) is 30.3 Å². The van der Waals surface area contributed by atoms with Crippen LogP contribution in [-0.2, 0) is 9.59 Å². The smallest absolute Gasteiger partial charge is 0.328 e. The number of hydrogen-bond acceptors (Lipinski definition) is 2. The molecule has 0 bridgehead atoms. The molecule has 0 heterocycles. The highest BCUT2D eigenvalue weighted by Crippen LogP contribution is 2.32. The van der Waals surface area contributed by atoms with Crippen LogP contribution in [0.1, 0.15) is 24.8 Å². The number of aliphatic carboxylic acids is 1. The predicted octanol–water partition coefficient (Wildman–Crippen LogP) is 2.52. The molecule has 1 amide bonds. The Morgan fingerprint density at radius 1 is 1.39 bits per heavy atom. The van der Waals surface area contributed by atoms with Crippen LogP contribution in [0.4, 0.5) is 5.69 Å². The lowest BCUT2D eigenvalue weighted by molar-refractivity contribution is -0.131. The third-order valence-electron chi connectivity index (χ3n) is 2.76. The van der Waals surface area contributed by atoms with Crippen molar-refractivity contribution in [3.8, 4) is 0 Å². The predicted molar refractivity (Wildman–Crippen MR) is 69.1 cm³/mol. The van der Waals surface area contributed by atoms with Gasteiger partial charge in [-0.25, -0.2) is 4.79 Å². The number of benzene rings is 1. The van der Waals surface area contributed by atoms with Crippen molar-refractivity contribution in [3.63, 3.8) is 0 Å². The van der Waals surface area contributed by atoms with Gasteiger partial charge in [0.1, 0.15) is 0 Å². The van der Waals surface area contributed by atoms with Crippen LogP contribution < -0.4 is 5.32 Å². The third-order valence-corrected chi connectivity index (χ3v) is 2.76. The average Bonchev–Trinajstić information content (AvgIpc) is 3.10. The summed E-state index contributed by atoms with van der Waals surface area (Å²) in [6.45, 7) is 0. The molecule has 1 aliphatic rings. The zero-order chi connectivity index (χ0) is 13.0. The van der Waals surface area contributed by atoms with Gasteiger partial charge in [0.25, 0.3) is 0 Å². The molecule has 1 aliphatic carbocycles. The zero-order valence-corrected chi connectivity index (χ0v) is 9.93. The molecule has 0 spiro atoms. The molecule has 4 heteroatoms. The summed E-state index contributed by atoms with van der Waals surface area (Å²) >= 11 is 0. The fourth-order valence-electron chi connectivity index (χ4n) is 1.68. The molecule has 2 N–H and O–H groups in total. The van der Waals surface area contributed by atoms with E-state index in [1.165, 1.54) is 6.08 Å². The molecule has 18 heavy (non-hydrogen) atoms. The molecule has 0 aromatic heterocycles. The Bertz CT molecular complexity index is 490. The topological polar surface area (TPSA) is 66.4 Å². The minimum Gasteiger partial charge on any atom is -0.478 e. The molecule has 1 fully saturated rings. The highest BCUT2D eigenvalue weighted by atomic mass is 16.4. The van der Waals surface area contributed by atoms with E-state index in [9.17, 15) is 9.59 Å². The largest absolute Gasteiger partial charge is 0.478 e. The fraction of sp³-hybridized carbons (Fsp3) is 0.286. The van der Waals surface area contributed by atoms with Gasteiger partial charge in [0.05, 0.1) is 0 Å². The van der Waals surface area contributed by atoms with E-state index in [1.54, 1.807) is 24.3 Å². The minimum absolute atomic E-state index is 0.0249. The first-order valence-electron chi connectivity index (χ1n) is 5.94. The van der Waals surface area contributed by atoms with Gasteiger partial charge in [0.2, 0.25) is 5.91 Å². The van der Waals surface area contributed by atoms with Crippen LogP contribution in [0.3, 0.4) is 0 Å². The molecule has 0 saturated heterocycles. The first kappa shape index (κ1) is 12.4. The Kier molecular flexibility index (Phi) is 3.77. The molecule has 0 aliphatic heterocycles. The maximum Gasteiger partial charge on any atom is 0.328 e. The first-order chi connectivity index (χ1) is 8.63. The SMILES string of the molecule is O=C(O)/C=C/c1cccc(NC(=O)CC2CC2)c1. The maximum absolute atomic E-state index is 11.6. The highest BCUT2D eigenvalue weighted by molar-refractivity contribution is 5.91. The number of carbonyl (C=O) groups is 2. The lowest BCUT2D eigenvalue weighted by atomic mass is 10.2. The van der Waals surface area contributed by atoms with E-state index >= 15 is 0 Å². The standard InChI is InChI=1S/C14H15NO3/c16-13(9-11-4-5-11)15-12-3-1-2-10(8-12)6-7-14(17)18/h1-3,6-8,11H,4-5,9H2,(H,15,16)(H,17,18)/b7-6+. The van der Waals surface area contributed by atoms with Gasteiger partial charge in [0, 0.05) is 18.2 Å². The van der Waals surface area contributed by atoms with Gasteiger partial charge in [-0.15, -0.1) is 0 Å². The molecule has 4 nitrogen and oxygen atoms in total. The van der Waals surface area contributed by atoms with E-state index < -0.39 is 5.97 Å². The molecule has 1 saturated carbocycles. The Hall–Kier alpha value is -2.10. The van der Waals surface area contributed by atoms with Crippen molar-refractivity contribution in [1.82, 2.24) is 0 Å². The molecular formula is C14H15NO3. The summed E-state index contributed by atoms with van der Waals surface area (Å²) in [6, 6.07) is 7.12. The summed E-state index contributed by atoms with van der Waals surface area (Å²) in [7, 11) is 0. The maximum atomic E-state index is 11.6. The van der Waals surface area contributed by atoms with Gasteiger partial charge >= 0.3 is 5.97 Å². The van der Waals surface area contributed by atoms with Gasteiger partial charge < -0.3 is 10.4 Å². The second-order valence-electron chi connectivity index (χ2n) is 4.49. The quantitative estimate of drug-likeness (QED) is 0.783. The number of carboxylic acid groups (broad SMARTS) is 1. The lowest BCUT2D eigenvalue weighted by Crippen LogP contribution is -2.11. The summed E-state index contributed by atoms with van der Waals surface area (Å²) in [5.41, 5.74) is 1.45. The Labute approximate surface area is 105 Å². The van der Waals surface area contributed by atoms with E-state index in [-0.39, 0.29) is 5.91 Å². The molecule has 1 aromatic carbocycles. The number of rotatable bonds is 5. The van der Waals surface area contributed by atoms with Gasteiger partial charge in [0.15, 0.2) is 0 Å². The number of anilines is 1. The number of nitrogens with one attached hydrogen (secondary N) is 1. The minimum atomic E-state index is -0.988. The lowest BCUT2D eigenvalue weighted by Gasteiger charge is -2.05. The van der Waals surface area contributed by atoms with Gasteiger partial charge in [-0.1, -0.05) is 12.1 Å². The van der Waals surface area contributed by atoms with Crippen molar-refractivity contribution in [2.24, 2.45) is 5.92 Å². The van der Waals surface area contributed by atoms with Crippen molar-refractivity contribution in [3.05, 3.63) is 35.9 Å². The van der Waals surface area contributed by atoms with Crippen molar-refractivity contribution in [2.75, 3.05) is 5.32 Å². The fourth-order valence-corrected chi connectivity index (χ4v) is 1.68. The zero-order valence-electron chi connectivity index (χ0n) is 9.93. The van der Waals surface area contributed by atoms with Crippen LogP contribution in [0, 0.1) is 5.92 Å². The van der Waals surface area contributed by atoms with Gasteiger partial charge in [-0.3, -0.25) is 4.79 Å². The summed E-state index contributed by atoms with van der Waals surface area (Å²) in [5.74, 6) is -0.407. The second-order valence-corrected chi connectivity index (χ2v) is 4.49. The van der Waals surface area contributed by atoms with Crippen LogP contribution in [0.25, 0.3) is 6.08 Å². The average molecular weight is 245 g/mol. The normalized spacial score (nSPS) is 14.7. The summed E-state index contributed by atoms with van der Waals surface area (Å²) in [6.07, 6.45) is 5.45. The highest BCUT2D eigenvalue weighted by Gasteiger charge is 2.24. The van der Waals surface area contributed by atoms with Crippen molar-refractivity contribution < 1.29 is 14.7 Å². The summed E-state index contributed by atoms with van der Waals surface area (Å²) in [5, 5.41) is 11.4. The summed E-state index contributed by atoms with van der Waals surface area (Å²) in [4.78, 5) is 22.0. The van der Waals surface area contributed by atoms with E-state index in [0.29, 0.717) is 18.0 Å². The van der Waals surface area contributed by atoms with E-state index in [2.05, 4.69) is 5.32 Å². The Morgan fingerprint density at radius 2 is 2.17 bits per heavy atom. The van der Waals surface area contributed by atoms with Crippen molar-refractivity contribution in [2.45, 2.75) is 19.3 Å². The number of carbonyl (C=O) groups excluding carboxylic acids is 1. The molecule has 2 rings (SSSR count). The molecule has 94 valence electrons. The molecular weight excluding hydrogens is 230 g/mol. The van der Waals surface area contributed by atoms with Crippen LogP contribution in [-0.4, -0.2) is 17.0 Å². The Morgan fingerprint density at radius 3 is 2.83 bits per heavy atom. The van der Waals surface area contributed by atoms with E-state index in [0.717, 1.165) is 24.5 Å². The molecule has 0 unspecified atom stereocenters. The number of hydrogen-bond donors (Lipinski definition) is 2. The number of carboxylic acids is 1. The molecule has 0 atom stereocenters. The van der Waals surface area contributed by atoms with Crippen LogP contribution in [0.2, 0.25) is 0 Å². The van der Waals surface area contributed by atoms with Crippen molar-refractivity contribution in [1.29, 1.82) is 0 Å². The number of amides is 1. The van der Waals surface area contributed by atoms with Gasteiger partial charge in [-0.2, -0.15) is 0 Å². The van der Waals surface area contributed by atoms with Crippen molar-refractivity contribution >= 4 is 23.6 Å². The molecule has 1 aromatic rings. The first-order valence-corrected chi connectivity index (χ1v) is 5.94. The van der Waals surface area contributed by atoms with E-state index in [1.807, 2.05) is 0 Å². The van der Waals surface area contributed by atoms with Gasteiger partial charge in [-0.05, 0) is 42.5 Å². The second kappa shape index (κ2) is 5.49. The van der Waals surface area contributed by atoms with Crippen LogP contribution >= 0.6 is 0 Å². The summed E-state index contributed by atoms with van der Waals surface area (Å²) < 4.78 is 0. The van der Waals surface area contributed by atoms with E-state index in [4.69, 9.17) is 5.11 Å². The molecule has 0 radical (unpaired) electrons. The van der Waals surface area contributed by atoms with Crippen LogP contribution in [0.5, 0.6) is 0 Å². The monoisotopic (exact) mass is 245 g/mol.